The first-order valence-corrected chi connectivity index (χ1v) is 5.07. The van der Waals surface area contributed by atoms with Crippen molar-refractivity contribution in [3.8, 4) is 0 Å². The highest BCUT2D eigenvalue weighted by molar-refractivity contribution is 6.00. The molecule has 80 valence electrons. The predicted molar refractivity (Wildman–Crippen MR) is 58.9 cm³/mol. The highest BCUT2D eigenvalue weighted by atomic mass is 19.1. The molecule has 0 aromatic heterocycles. The lowest BCUT2D eigenvalue weighted by molar-refractivity contribution is 0.627. The third kappa shape index (κ3) is 1.93. The van der Waals surface area contributed by atoms with Gasteiger partial charge in [0.05, 0.1) is 0 Å². The topological polar surface area (TPSA) is 53.1 Å². The minimum absolute atomic E-state index is 0.0728. The second kappa shape index (κ2) is 3.88. The van der Waals surface area contributed by atoms with Gasteiger partial charge in [0.2, 0.25) is 0 Å². The fraction of sp³-hybridized carbons (Fsp3) is 0.364. The Morgan fingerprint density at radius 3 is 2.60 bits per heavy atom. The molecule has 0 amide bonds. The Bertz CT molecular complexity index is 383. The first-order valence-electron chi connectivity index (χ1n) is 5.07. The number of nitrogens with zero attached hydrogens (tertiary/aromatic N) is 1. The average molecular weight is 207 g/mol. The zero-order valence-electron chi connectivity index (χ0n) is 8.46. The minimum atomic E-state index is -0.344. The summed E-state index contributed by atoms with van der Waals surface area (Å²) in [4.78, 5) is 2.15. The van der Waals surface area contributed by atoms with E-state index in [1.54, 1.807) is 6.07 Å². The molecule has 0 spiro atoms. The maximum absolute atomic E-state index is 13.0. The van der Waals surface area contributed by atoms with Crippen LogP contribution in [0.2, 0.25) is 0 Å². The maximum atomic E-state index is 13.0. The summed E-state index contributed by atoms with van der Waals surface area (Å²) in [5.41, 5.74) is 6.81. The molecule has 3 N–H and O–H groups in total. The van der Waals surface area contributed by atoms with E-state index in [-0.39, 0.29) is 11.7 Å². The predicted octanol–water partition coefficient (Wildman–Crippen LogP) is 1.71. The van der Waals surface area contributed by atoms with Crippen molar-refractivity contribution in [2.75, 3.05) is 18.0 Å². The van der Waals surface area contributed by atoms with Crippen molar-refractivity contribution in [3.63, 3.8) is 0 Å². The molecule has 1 saturated heterocycles. The molecule has 0 radical (unpaired) electrons. The second-order valence-corrected chi connectivity index (χ2v) is 3.77. The van der Waals surface area contributed by atoms with E-state index in [1.165, 1.54) is 12.1 Å². The SMILES string of the molecule is N=C(N)c1cc(F)ccc1N1CCCC1. The van der Waals surface area contributed by atoms with E-state index < -0.39 is 0 Å². The monoisotopic (exact) mass is 207 g/mol. The number of nitrogens with two attached hydrogens (primary N) is 1. The molecule has 0 unspecified atom stereocenters. The molecule has 0 saturated carbocycles. The lowest BCUT2D eigenvalue weighted by Gasteiger charge is -2.20. The van der Waals surface area contributed by atoms with Gasteiger partial charge in [0.15, 0.2) is 0 Å². The number of hydrogen-bond donors (Lipinski definition) is 2. The van der Waals surface area contributed by atoms with Crippen LogP contribution in [0, 0.1) is 11.2 Å². The number of anilines is 1. The van der Waals surface area contributed by atoms with Crippen LogP contribution in [0.15, 0.2) is 18.2 Å². The van der Waals surface area contributed by atoms with Crippen LogP contribution in [0.25, 0.3) is 0 Å². The van der Waals surface area contributed by atoms with E-state index in [0.717, 1.165) is 31.6 Å². The minimum Gasteiger partial charge on any atom is -0.384 e. The molecule has 1 aliphatic heterocycles. The lowest BCUT2D eigenvalue weighted by atomic mass is 10.1. The zero-order valence-corrected chi connectivity index (χ0v) is 8.46. The fourth-order valence-corrected chi connectivity index (χ4v) is 1.96. The number of benzene rings is 1. The van der Waals surface area contributed by atoms with Gasteiger partial charge in [-0.05, 0) is 31.0 Å². The van der Waals surface area contributed by atoms with Crippen molar-refractivity contribution in [1.82, 2.24) is 0 Å². The van der Waals surface area contributed by atoms with Crippen LogP contribution in [0.5, 0.6) is 0 Å². The smallest absolute Gasteiger partial charge is 0.125 e. The molecular weight excluding hydrogens is 193 g/mol. The molecule has 15 heavy (non-hydrogen) atoms. The van der Waals surface area contributed by atoms with E-state index in [0.29, 0.717) is 5.56 Å². The molecule has 1 fully saturated rings. The standard InChI is InChI=1S/C11H14FN3/c12-8-3-4-10(9(7-8)11(13)14)15-5-1-2-6-15/h3-4,7H,1-2,5-6H2,(H3,13,14). The third-order valence-electron chi connectivity index (χ3n) is 2.70. The largest absolute Gasteiger partial charge is 0.384 e. The van der Waals surface area contributed by atoms with Crippen molar-refractivity contribution in [2.45, 2.75) is 12.8 Å². The van der Waals surface area contributed by atoms with Gasteiger partial charge in [0.1, 0.15) is 11.7 Å². The molecule has 0 atom stereocenters. The van der Waals surface area contributed by atoms with Gasteiger partial charge in [-0.3, -0.25) is 5.41 Å². The maximum Gasteiger partial charge on any atom is 0.125 e. The van der Waals surface area contributed by atoms with Crippen molar-refractivity contribution in [2.24, 2.45) is 5.73 Å². The van der Waals surface area contributed by atoms with Crippen molar-refractivity contribution < 1.29 is 4.39 Å². The molecule has 1 heterocycles. The quantitative estimate of drug-likeness (QED) is 0.573. The first-order chi connectivity index (χ1) is 7.18. The normalized spacial score (nSPS) is 15.7. The summed E-state index contributed by atoms with van der Waals surface area (Å²) in [6, 6.07) is 4.45. The summed E-state index contributed by atoms with van der Waals surface area (Å²) in [6.45, 7) is 1.93. The van der Waals surface area contributed by atoms with Crippen molar-refractivity contribution >= 4 is 11.5 Å². The van der Waals surface area contributed by atoms with Gasteiger partial charge in [0, 0.05) is 24.3 Å². The number of rotatable bonds is 2. The lowest BCUT2D eigenvalue weighted by Crippen LogP contribution is -2.23. The fourth-order valence-electron chi connectivity index (χ4n) is 1.96. The van der Waals surface area contributed by atoms with Gasteiger partial charge >= 0.3 is 0 Å². The van der Waals surface area contributed by atoms with Gasteiger partial charge < -0.3 is 10.6 Å². The van der Waals surface area contributed by atoms with Crippen LogP contribution in [-0.4, -0.2) is 18.9 Å². The van der Waals surface area contributed by atoms with Gasteiger partial charge in [-0.2, -0.15) is 0 Å². The Kier molecular flexibility index (Phi) is 2.58. The molecule has 2 rings (SSSR count). The molecule has 1 aliphatic rings. The van der Waals surface area contributed by atoms with Crippen LogP contribution < -0.4 is 10.6 Å². The Morgan fingerprint density at radius 1 is 1.33 bits per heavy atom. The second-order valence-electron chi connectivity index (χ2n) is 3.77. The first kappa shape index (κ1) is 9.96. The van der Waals surface area contributed by atoms with Crippen LogP contribution in [0.1, 0.15) is 18.4 Å². The molecule has 1 aromatic carbocycles. The molecule has 0 bridgehead atoms. The molecule has 1 aromatic rings. The van der Waals surface area contributed by atoms with Crippen molar-refractivity contribution in [1.29, 1.82) is 5.41 Å². The molecule has 3 nitrogen and oxygen atoms in total. The van der Waals surface area contributed by atoms with Crippen LogP contribution in [-0.2, 0) is 0 Å². The van der Waals surface area contributed by atoms with E-state index in [2.05, 4.69) is 4.90 Å². The highest BCUT2D eigenvalue weighted by Gasteiger charge is 2.17. The Balaban J connectivity index is 2.40. The molecule has 4 heteroatoms. The number of amidine groups is 1. The number of nitrogens with one attached hydrogen (secondary N) is 1. The summed E-state index contributed by atoms with van der Waals surface area (Å²) in [5, 5.41) is 7.42. The summed E-state index contributed by atoms with van der Waals surface area (Å²) in [6.07, 6.45) is 2.30. The van der Waals surface area contributed by atoms with E-state index in [1.807, 2.05) is 0 Å². The van der Waals surface area contributed by atoms with Gasteiger partial charge in [-0.15, -0.1) is 0 Å². The van der Waals surface area contributed by atoms with E-state index in [4.69, 9.17) is 11.1 Å². The Labute approximate surface area is 88.2 Å². The van der Waals surface area contributed by atoms with Crippen LogP contribution in [0.3, 0.4) is 0 Å². The Morgan fingerprint density at radius 2 is 2.00 bits per heavy atom. The van der Waals surface area contributed by atoms with Gasteiger partial charge in [-0.1, -0.05) is 0 Å². The van der Waals surface area contributed by atoms with Crippen molar-refractivity contribution in [3.05, 3.63) is 29.6 Å². The highest BCUT2D eigenvalue weighted by Crippen LogP contribution is 2.24. The van der Waals surface area contributed by atoms with E-state index in [9.17, 15) is 4.39 Å². The summed E-state index contributed by atoms with van der Waals surface area (Å²) < 4.78 is 13.0. The number of halogens is 1. The number of hydrogen-bond acceptors (Lipinski definition) is 2. The van der Waals surface area contributed by atoms with Crippen LogP contribution in [0.4, 0.5) is 10.1 Å². The summed E-state index contributed by atoms with van der Waals surface area (Å²) in [7, 11) is 0. The zero-order chi connectivity index (χ0) is 10.8. The Hall–Kier alpha value is -1.58. The number of nitrogen functional groups attached to an aromatic ring is 1. The summed E-state index contributed by atoms with van der Waals surface area (Å²) >= 11 is 0. The third-order valence-corrected chi connectivity index (χ3v) is 2.70. The summed E-state index contributed by atoms with van der Waals surface area (Å²) in [5.74, 6) is -0.417. The molecular formula is C11H14FN3. The molecule has 0 aliphatic carbocycles. The van der Waals surface area contributed by atoms with E-state index >= 15 is 0 Å². The van der Waals surface area contributed by atoms with Gasteiger partial charge in [0.25, 0.3) is 0 Å². The van der Waals surface area contributed by atoms with Gasteiger partial charge in [-0.25, -0.2) is 4.39 Å². The van der Waals surface area contributed by atoms with Crippen LogP contribution >= 0.6 is 0 Å². The average Bonchev–Trinajstić information content (AvgIpc) is 2.70.